The van der Waals surface area contributed by atoms with Crippen molar-refractivity contribution in [3.05, 3.63) is 58.4 Å². The van der Waals surface area contributed by atoms with E-state index in [1.807, 2.05) is 30.3 Å². The Labute approximate surface area is 153 Å². The molecule has 1 aromatic heterocycles. The molecule has 2 aromatic rings. The first-order valence-corrected chi connectivity index (χ1v) is 8.59. The molecule has 1 amide bonds. The maximum Gasteiger partial charge on any atom is 0.355 e. The first-order valence-electron chi connectivity index (χ1n) is 8.59. The molecule has 0 saturated carbocycles. The van der Waals surface area contributed by atoms with E-state index in [0.717, 1.165) is 5.56 Å². The van der Waals surface area contributed by atoms with Crippen LogP contribution in [0.2, 0.25) is 0 Å². The van der Waals surface area contributed by atoms with Gasteiger partial charge in [-0.25, -0.2) is 4.79 Å². The Kier molecular flexibility index (Phi) is 6.21. The highest BCUT2D eigenvalue weighted by atomic mass is 16.5. The molecule has 2 N–H and O–H groups in total. The van der Waals surface area contributed by atoms with Crippen molar-refractivity contribution in [2.24, 2.45) is 0 Å². The molecule has 0 aliphatic carbocycles. The number of amides is 1. The molecule has 0 bridgehead atoms. The molecule has 0 radical (unpaired) electrons. The van der Waals surface area contributed by atoms with E-state index in [1.54, 1.807) is 34.7 Å². The van der Waals surface area contributed by atoms with E-state index >= 15 is 0 Å². The topological polar surface area (TPSA) is 82.6 Å². The van der Waals surface area contributed by atoms with E-state index in [9.17, 15) is 14.7 Å². The van der Waals surface area contributed by atoms with Crippen LogP contribution in [0.5, 0.6) is 0 Å². The average Bonchev–Trinajstić information content (AvgIpc) is 2.89. The van der Waals surface area contributed by atoms with E-state index in [-0.39, 0.29) is 11.6 Å². The number of aromatic nitrogens is 1. The van der Waals surface area contributed by atoms with Crippen LogP contribution in [0.3, 0.4) is 0 Å². The number of aliphatic hydroxyl groups excluding tert-OH is 1. The fraction of sp³-hybridized carbons (Fsp3) is 0.400. The number of hydrogen-bond donors (Lipinski definition) is 2. The summed E-state index contributed by atoms with van der Waals surface area (Å²) in [6.07, 6.45) is -1.60. The summed E-state index contributed by atoms with van der Waals surface area (Å²) in [6, 6.07) is 9.60. The summed E-state index contributed by atoms with van der Waals surface area (Å²) >= 11 is 0. The molecule has 1 aromatic carbocycles. The molecule has 6 nitrogen and oxygen atoms in total. The maximum absolute atomic E-state index is 12.5. The summed E-state index contributed by atoms with van der Waals surface area (Å²) < 4.78 is 5.34. The fourth-order valence-electron chi connectivity index (χ4n) is 3.11. The molecule has 0 aliphatic heterocycles. The Hall–Kier alpha value is -2.60. The molecule has 0 unspecified atom stereocenters. The SMILES string of the molecule is Cc1[nH]c(C(=O)O[C@H](C)C(=O)N(C)Cc2ccccc2)c(C)c1[C@H](C)O. The lowest BCUT2D eigenvalue weighted by molar-refractivity contribution is -0.139. The monoisotopic (exact) mass is 358 g/mol. The lowest BCUT2D eigenvalue weighted by atomic mass is 10.1. The lowest BCUT2D eigenvalue weighted by Crippen LogP contribution is -2.37. The number of aryl methyl sites for hydroxylation is 1. The Balaban J connectivity index is 2.04. The van der Waals surface area contributed by atoms with Crippen LogP contribution in [0.1, 0.15) is 52.8 Å². The van der Waals surface area contributed by atoms with Crippen LogP contribution in [0.15, 0.2) is 30.3 Å². The minimum atomic E-state index is -0.908. The van der Waals surface area contributed by atoms with Gasteiger partial charge in [-0.3, -0.25) is 4.79 Å². The number of H-pyrrole nitrogens is 1. The van der Waals surface area contributed by atoms with Crippen LogP contribution < -0.4 is 0 Å². The van der Waals surface area contributed by atoms with Crippen molar-refractivity contribution >= 4 is 11.9 Å². The summed E-state index contributed by atoms with van der Waals surface area (Å²) in [6.45, 7) is 7.17. The minimum Gasteiger partial charge on any atom is -0.448 e. The molecule has 0 fully saturated rings. The summed E-state index contributed by atoms with van der Waals surface area (Å²) in [5, 5.41) is 9.83. The number of carbonyl (C=O) groups is 2. The highest BCUT2D eigenvalue weighted by Crippen LogP contribution is 2.25. The zero-order chi connectivity index (χ0) is 19.4. The van der Waals surface area contributed by atoms with Crippen molar-refractivity contribution in [2.45, 2.75) is 46.4 Å². The number of carbonyl (C=O) groups excluding carboxylic acids is 2. The number of esters is 1. The Morgan fingerprint density at radius 3 is 2.35 bits per heavy atom. The molecule has 0 aliphatic rings. The van der Waals surface area contributed by atoms with Crippen LogP contribution >= 0.6 is 0 Å². The minimum absolute atomic E-state index is 0.267. The van der Waals surface area contributed by atoms with Crippen molar-refractivity contribution in [2.75, 3.05) is 7.05 Å². The Bertz CT molecular complexity index is 781. The number of rotatable bonds is 6. The van der Waals surface area contributed by atoms with Gasteiger partial charge in [0.1, 0.15) is 5.69 Å². The Morgan fingerprint density at radius 2 is 1.81 bits per heavy atom. The molecular weight excluding hydrogens is 332 g/mol. The molecule has 6 heteroatoms. The van der Waals surface area contributed by atoms with Gasteiger partial charge in [-0.1, -0.05) is 30.3 Å². The van der Waals surface area contributed by atoms with E-state index in [1.165, 1.54) is 4.90 Å². The number of ether oxygens (including phenoxy) is 1. The number of aliphatic hydroxyl groups is 1. The van der Waals surface area contributed by atoms with Gasteiger partial charge in [0.15, 0.2) is 6.10 Å². The molecule has 26 heavy (non-hydrogen) atoms. The number of hydrogen-bond acceptors (Lipinski definition) is 4. The van der Waals surface area contributed by atoms with Gasteiger partial charge in [0.05, 0.1) is 6.10 Å². The molecule has 1 heterocycles. The second-order valence-electron chi connectivity index (χ2n) is 6.57. The highest BCUT2D eigenvalue weighted by Gasteiger charge is 2.26. The van der Waals surface area contributed by atoms with Gasteiger partial charge < -0.3 is 19.7 Å². The quantitative estimate of drug-likeness (QED) is 0.778. The van der Waals surface area contributed by atoms with E-state index < -0.39 is 18.2 Å². The fourth-order valence-corrected chi connectivity index (χ4v) is 3.11. The zero-order valence-electron chi connectivity index (χ0n) is 15.9. The number of aromatic amines is 1. The second kappa shape index (κ2) is 8.19. The van der Waals surface area contributed by atoms with Crippen LogP contribution in [0, 0.1) is 13.8 Å². The van der Waals surface area contributed by atoms with Gasteiger partial charge in [0, 0.05) is 24.8 Å². The van der Waals surface area contributed by atoms with Crippen molar-refractivity contribution in [3.8, 4) is 0 Å². The predicted octanol–water partition coefficient (Wildman–Crippen LogP) is 2.89. The van der Waals surface area contributed by atoms with Crippen molar-refractivity contribution < 1.29 is 19.4 Å². The molecule has 2 rings (SSSR count). The van der Waals surface area contributed by atoms with Crippen LogP contribution in [-0.4, -0.2) is 40.0 Å². The van der Waals surface area contributed by atoms with Gasteiger partial charge in [-0.15, -0.1) is 0 Å². The van der Waals surface area contributed by atoms with E-state index in [2.05, 4.69) is 4.98 Å². The molecule has 140 valence electrons. The molecule has 0 saturated heterocycles. The van der Waals surface area contributed by atoms with Crippen LogP contribution in [0.4, 0.5) is 0 Å². The van der Waals surface area contributed by atoms with Crippen LogP contribution in [0.25, 0.3) is 0 Å². The molecule has 2 atom stereocenters. The third-order valence-electron chi connectivity index (χ3n) is 4.39. The summed E-state index contributed by atoms with van der Waals surface area (Å²) in [4.78, 5) is 29.4. The number of nitrogens with one attached hydrogen (secondary N) is 1. The summed E-state index contributed by atoms with van der Waals surface area (Å²) in [5.41, 5.74) is 3.30. The summed E-state index contributed by atoms with van der Waals surface area (Å²) in [5.74, 6) is -0.884. The molecular formula is C20H26N2O4. The average molecular weight is 358 g/mol. The van der Waals surface area contributed by atoms with Gasteiger partial charge in [0.2, 0.25) is 0 Å². The van der Waals surface area contributed by atoms with Gasteiger partial charge in [-0.2, -0.15) is 0 Å². The smallest absolute Gasteiger partial charge is 0.355 e. The number of likely N-dealkylation sites (N-methyl/N-ethyl adjacent to an activating group) is 1. The Morgan fingerprint density at radius 1 is 1.19 bits per heavy atom. The standard InChI is InChI=1S/C20H26N2O4/c1-12-17(14(3)23)13(2)21-18(12)20(25)26-15(4)19(24)22(5)11-16-9-7-6-8-10-16/h6-10,14-15,21,23H,11H2,1-5H3/t14-,15+/m0/s1. The second-order valence-corrected chi connectivity index (χ2v) is 6.57. The first-order chi connectivity index (χ1) is 12.2. The van der Waals surface area contributed by atoms with Crippen molar-refractivity contribution in [1.29, 1.82) is 0 Å². The lowest BCUT2D eigenvalue weighted by Gasteiger charge is -2.21. The highest BCUT2D eigenvalue weighted by molar-refractivity contribution is 5.92. The zero-order valence-corrected chi connectivity index (χ0v) is 15.9. The predicted molar refractivity (Wildman–Crippen MR) is 98.7 cm³/mol. The maximum atomic E-state index is 12.5. The van der Waals surface area contributed by atoms with Gasteiger partial charge in [-0.05, 0) is 38.8 Å². The van der Waals surface area contributed by atoms with Gasteiger partial charge >= 0.3 is 5.97 Å². The summed E-state index contributed by atoms with van der Waals surface area (Å²) in [7, 11) is 1.68. The van der Waals surface area contributed by atoms with Crippen LogP contribution in [-0.2, 0) is 16.1 Å². The molecule has 0 spiro atoms. The van der Waals surface area contributed by atoms with E-state index in [4.69, 9.17) is 4.74 Å². The third-order valence-corrected chi connectivity index (χ3v) is 4.39. The largest absolute Gasteiger partial charge is 0.448 e. The van der Waals surface area contributed by atoms with Crippen molar-refractivity contribution in [1.82, 2.24) is 9.88 Å². The van der Waals surface area contributed by atoms with Crippen molar-refractivity contribution in [3.63, 3.8) is 0 Å². The third kappa shape index (κ3) is 4.32. The normalized spacial score (nSPS) is 13.2. The van der Waals surface area contributed by atoms with E-state index in [0.29, 0.717) is 23.4 Å². The first kappa shape index (κ1) is 19.7. The van der Waals surface area contributed by atoms with Gasteiger partial charge in [0.25, 0.3) is 5.91 Å². The number of nitrogens with zero attached hydrogens (tertiary/aromatic N) is 1. The number of benzene rings is 1.